The van der Waals surface area contributed by atoms with Gasteiger partial charge in [0.15, 0.2) is 22.9 Å². The van der Waals surface area contributed by atoms with Crippen molar-refractivity contribution in [1.82, 2.24) is 9.88 Å². The molecule has 1 aromatic carbocycles. The van der Waals surface area contributed by atoms with Crippen LogP contribution in [0.4, 0.5) is 29.1 Å². The molecule has 1 aliphatic rings. The molecule has 210 valence electrons. The molecule has 39 heavy (non-hydrogen) atoms. The molecule has 1 fully saturated rings. The van der Waals surface area contributed by atoms with Crippen molar-refractivity contribution < 1.29 is 31.3 Å². The van der Waals surface area contributed by atoms with Gasteiger partial charge >= 0.3 is 6.18 Å². The van der Waals surface area contributed by atoms with Crippen molar-refractivity contribution in [3.8, 4) is 17.6 Å². The lowest BCUT2D eigenvalue weighted by molar-refractivity contribution is -0.127. The highest BCUT2D eigenvalue weighted by Crippen LogP contribution is 2.37. The van der Waals surface area contributed by atoms with Crippen LogP contribution < -0.4 is 20.8 Å². The molecule has 2 N–H and O–H groups in total. The van der Waals surface area contributed by atoms with Crippen LogP contribution in [-0.4, -0.2) is 75.4 Å². The molecule has 1 saturated heterocycles. The monoisotopic (exact) mass is 566 g/mol. The van der Waals surface area contributed by atoms with E-state index in [0.717, 1.165) is 0 Å². The average molecular weight is 567 g/mol. The molecule has 0 bridgehead atoms. The van der Waals surface area contributed by atoms with E-state index in [1.165, 1.54) is 0 Å². The highest BCUT2D eigenvalue weighted by atomic mass is 31.2. The standard InChI is InChI=1S/C27H31F4N4O3P/c1-32-26-23(10-11-24(34-26)39(3,4)36)37-14-6-9-22-18(15-27(29,30)31)17-7-5-8-21(25(17)38-22)33-20-12-13-35(2)16-19(20)28/h5,7-8,10-11,19-20,33H,12-16H2,1-4H3,(H,32,34)/t19-,20+/m0/s1. The maximum Gasteiger partial charge on any atom is 0.393 e. The van der Waals surface area contributed by atoms with Crippen LogP contribution in [0.25, 0.3) is 11.0 Å². The molecule has 0 unspecified atom stereocenters. The van der Waals surface area contributed by atoms with Crippen LogP contribution in [-0.2, 0) is 11.0 Å². The number of halogens is 4. The molecule has 2 atom stereocenters. The lowest BCUT2D eigenvalue weighted by Gasteiger charge is -2.33. The second-order valence-electron chi connectivity index (χ2n) is 9.91. The van der Waals surface area contributed by atoms with Crippen LogP contribution in [0.1, 0.15) is 17.7 Å². The van der Waals surface area contributed by atoms with Crippen molar-refractivity contribution in [2.45, 2.75) is 31.2 Å². The molecule has 0 spiro atoms. The molecule has 4 rings (SSSR count). The van der Waals surface area contributed by atoms with Crippen LogP contribution in [0.2, 0.25) is 0 Å². The number of pyridine rings is 1. The Morgan fingerprint density at radius 1 is 1.26 bits per heavy atom. The van der Waals surface area contributed by atoms with Gasteiger partial charge in [0.2, 0.25) is 0 Å². The van der Waals surface area contributed by atoms with E-state index in [2.05, 4.69) is 27.5 Å². The maximum absolute atomic E-state index is 14.6. The van der Waals surface area contributed by atoms with Crippen molar-refractivity contribution in [3.05, 3.63) is 41.7 Å². The molecule has 0 aliphatic carbocycles. The van der Waals surface area contributed by atoms with Gasteiger partial charge in [-0.1, -0.05) is 18.1 Å². The summed E-state index contributed by atoms with van der Waals surface area (Å²) in [6, 6.07) is 7.55. The minimum absolute atomic E-state index is 0.0857. The van der Waals surface area contributed by atoms with Crippen molar-refractivity contribution >= 4 is 35.1 Å². The predicted octanol–water partition coefficient (Wildman–Crippen LogP) is 5.11. The SMILES string of the molecule is CNc1nc(P(C)(C)=O)ccc1OCC#Cc1oc2c(N[C@@H]3CCN(C)C[C@@H]3F)cccc2c1CC(F)(F)F. The number of nitrogens with one attached hydrogen (secondary N) is 2. The van der Waals surface area contributed by atoms with Crippen LogP contribution in [0.3, 0.4) is 0 Å². The number of para-hydroxylation sites is 1. The highest BCUT2D eigenvalue weighted by Gasteiger charge is 2.33. The van der Waals surface area contributed by atoms with Crippen LogP contribution in [0.5, 0.6) is 5.75 Å². The second kappa shape index (κ2) is 11.5. The maximum atomic E-state index is 14.6. The largest absolute Gasteiger partial charge is 0.477 e. The number of furan rings is 1. The molecular weight excluding hydrogens is 535 g/mol. The van der Waals surface area contributed by atoms with Gasteiger partial charge in [0, 0.05) is 31.1 Å². The molecule has 0 saturated carbocycles. The van der Waals surface area contributed by atoms with E-state index in [0.29, 0.717) is 35.7 Å². The van der Waals surface area contributed by atoms with Crippen LogP contribution >= 0.6 is 7.14 Å². The number of fused-ring (bicyclic) bond motifs is 1. The Labute approximate surface area is 224 Å². The number of anilines is 2. The van der Waals surface area contributed by atoms with E-state index in [9.17, 15) is 22.1 Å². The van der Waals surface area contributed by atoms with Gasteiger partial charge in [0.25, 0.3) is 0 Å². The first-order chi connectivity index (χ1) is 18.4. The van der Waals surface area contributed by atoms with E-state index in [4.69, 9.17) is 9.15 Å². The molecule has 0 radical (unpaired) electrons. The molecule has 7 nitrogen and oxygen atoms in total. The highest BCUT2D eigenvalue weighted by molar-refractivity contribution is 7.69. The number of rotatable bonds is 7. The minimum atomic E-state index is -4.49. The zero-order valence-electron chi connectivity index (χ0n) is 22.2. The molecule has 3 aromatic rings. The number of piperidine rings is 1. The van der Waals surface area contributed by atoms with Crippen molar-refractivity contribution in [2.24, 2.45) is 0 Å². The number of aromatic nitrogens is 1. The summed E-state index contributed by atoms with van der Waals surface area (Å²) in [7, 11) is 0.904. The first-order valence-corrected chi connectivity index (χ1v) is 15.0. The Morgan fingerprint density at radius 2 is 2.03 bits per heavy atom. The summed E-state index contributed by atoms with van der Waals surface area (Å²) < 4.78 is 78.9. The molecule has 3 heterocycles. The van der Waals surface area contributed by atoms with E-state index >= 15 is 0 Å². The van der Waals surface area contributed by atoms with E-state index < -0.39 is 32.0 Å². The summed E-state index contributed by atoms with van der Waals surface area (Å²) >= 11 is 0. The molecule has 2 aromatic heterocycles. The number of ether oxygens (including phenoxy) is 1. The molecular formula is C27H31F4N4O3P. The third-order valence-electron chi connectivity index (χ3n) is 6.41. The number of nitrogens with zero attached hydrogens (tertiary/aromatic N) is 2. The van der Waals surface area contributed by atoms with Crippen molar-refractivity contribution in [3.63, 3.8) is 0 Å². The average Bonchev–Trinajstić information content (AvgIpc) is 3.19. The van der Waals surface area contributed by atoms with Crippen molar-refractivity contribution in [1.29, 1.82) is 0 Å². The van der Waals surface area contributed by atoms with Gasteiger partial charge in [-0.05, 0) is 50.9 Å². The zero-order chi connectivity index (χ0) is 28.4. The van der Waals surface area contributed by atoms with Gasteiger partial charge < -0.3 is 29.3 Å². The van der Waals surface area contributed by atoms with E-state index in [-0.39, 0.29) is 35.4 Å². The fraction of sp³-hybridized carbons (Fsp3) is 0.444. The number of benzene rings is 1. The number of likely N-dealkylation sites (tertiary alicyclic amines) is 1. The molecule has 1 aliphatic heterocycles. The molecule has 12 heteroatoms. The summed E-state index contributed by atoms with van der Waals surface area (Å²) in [6.45, 7) is 4.03. The Bertz CT molecular complexity index is 1440. The normalized spacial score (nSPS) is 18.5. The molecule has 0 amide bonds. The number of alkyl halides is 4. The lowest BCUT2D eigenvalue weighted by atomic mass is 10.0. The lowest BCUT2D eigenvalue weighted by Crippen LogP contribution is -2.46. The van der Waals surface area contributed by atoms with Crippen LogP contribution in [0, 0.1) is 11.8 Å². The van der Waals surface area contributed by atoms with Crippen LogP contribution in [0.15, 0.2) is 34.7 Å². The second-order valence-corrected chi connectivity index (χ2v) is 13.1. The van der Waals surface area contributed by atoms with E-state index in [1.807, 2.05) is 11.9 Å². The summed E-state index contributed by atoms with van der Waals surface area (Å²) in [5, 5.41) is 6.28. The fourth-order valence-electron chi connectivity index (χ4n) is 4.44. The number of hydrogen-bond acceptors (Lipinski definition) is 7. The first kappa shape index (κ1) is 28.8. The van der Waals surface area contributed by atoms with Gasteiger partial charge in [-0.3, -0.25) is 0 Å². The Balaban J connectivity index is 1.60. The smallest absolute Gasteiger partial charge is 0.393 e. The zero-order valence-corrected chi connectivity index (χ0v) is 23.0. The Hall–Kier alpha value is -3.22. The topological polar surface area (TPSA) is 79.6 Å². The summed E-state index contributed by atoms with van der Waals surface area (Å²) in [4.78, 5) is 6.21. The van der Waals surface area contributed by atoms with E-state index in [1.54, 1.807) is 50.7 Å². The Kier molecular flexibility index (Phi) is 8.48. The van der Waals surface area contributed by atoms with Crippen molar-refractivity contribution in [2.75, 3.05) is 57.8 Å². The van der Waals surface area contributed by atoms with Gasteiger partial charge in [-0.25, -0.2) is 9.37 Å². The predicted molar refractivity (Wildman–Crippen MR) is 146 cm³/mol. The minimum Gasteiger partial charge on any atom is -0.477 e. The summed E-state index contributed by atoms with van der Waals surface area (Å²) in [5.74, 6) is 6.00. The summed E-state index contributed by atoms with van der Waals surface area (Å²) in [6.07, 6.45) is -6.30. The van der Waals surface area contributed by atoms with Gasteiger partial charge in [0.1, 0.15) is 25.4 Å². The quantitative estimate of drug-likeness (QED) is 0.234. The fourth-order valence-corrected chi connectivity index (χ4v) is 5.22. The Morgan fingerprint density at radius 3 is 2.69 bits per heavy atom. The summed E-state index contributed by atoms with van der Waals surface area (Å²) in [5.41, 5.74) is 0.978. The first-order valence-electron chi connectivity index (χ1n) is 12.4. The van der Waals surface area contributed by atoms with Gasteiger partial charge in [-0.2, -0.15) is 13.2 Å². The van der Waals surface area contributed by atoms with Gasteiger partial charge in [0.05, 0.1) is 18.2 Å². The third-order valence-corrected chi connectivity index (χ3v) is 7.77. The van der Waals surface area contributed by atoms with Gasteiger partial charge in [-0.15, -0.1) is 0 Å². The third kappa shape index (κ3) is 7.06. The number of hydrogen-bond donors (Lipinski definition) is 2.